The molecule has 0 spiro atoms. The van der Waals surface area contributed by atoms with Crippen molar-refractivity contribution < 1.29 is 9.90 Å². The summed E-state index contributed by atoms with van der Waals surface area (Å²) in [5.41, 5.74) is 0.916. The molecule has 1 aromatic carbocycles. The number of carboxylic acid groups (broad SMARTS) is 1. The highest BCUT2D eigenvalue weighted by Gasteiger charge is 2.42. The van der Waals surface area contributed by atoms with Gasteiger partial charge in [0, 0.05) is 35.7 Å². The van der Waals surface area contributed by atoms with Crippen LogP contribution in [0.25, 0.3) is 0 Å². The van der Waals surface area contributed by atoms with Crippen LogP contribution in [0.4, 0.5) is 11.8 Å². The quantitative estimate of drug-likeness (QED) is 0.473. The first kappa shape index (κ1) is 24.9. The Balaban J connectivity index is 1.17. The maximum absolute atomic E-state index is 11.2. The Morgan fingerprint density at radius 2 is 1.91 bits per heavy atom. The molecule has 0 amide bonds. The molecule has 1 saturated carbocycles. The summed E-state index contributed by atoms with van der Waals surface area (Å²) in [6, 6.07) is 5.78. The molecule has 3 fully saturated rings. The molecular weight excluding hydrogens is 509 g/mol. The molecule has 3 aliphatic rings. The van der Waals surface area contributed by atoms with E-state index in [9.17, 15) is 9.90 Å². The number of halogens is 3. The van der Waals surface area contributed by atoms with Gasteiger partial charge in [-0.3, -0.25) is 4.79 Å². The summed E-state index contributed by atoms with van der Waals surface area (Å²) in [7, 11) is 0. The minimum Gasteiger partial charge on any atom is -0.481 e. The van der Waals surface area contributed by atoms with Crippen LogP contribution in [-0.4, -0.2) is 58.2 Å². The van der Waals surface area contributed by atoms with Gasteiger partial charge in [0.15, 0.2) is 5.82 Å². The van der Waals surface area contributed by atoms with Gasteiger partial charge in [-0.25, -0.2) is 4.98 Å². The lowest BCUT2D eigenvalue weighted by Crippen LogP contribution is -2.56. The van der Waals surface area contributed by atoms with E-state index in [1.807, 2.05) is 19.1 Å². The number of rotatable bonds is 7. The zero-order chi connectivity index (χ0) is 24.7. The molecule has 2 N–H and O–H groups in total. The molecule has 2 saturated heterocycles. The molecule has 10 heteroatoms. The van der Waals surface area contributed by atoms with E-state index >= 15 is 0 Å². The lowest BCUT2D eigenvalue weighted by molar-refractivity contribution is -0.147. The third kappa shape index (κ3) is 5.33. The number of nitrogens with one attached hydrogen (secondary N) is 1. The van der Waals surface area contributed by atoms with Crippen LogP contribution in [0.5, 0.6) is 0 Å². The van der Waals surface area contributed by atoms with Crippen molar-refractivity contribution in [3.8, 4) is 0 Å². The van der Waals surface area contributed by atoms with Gasteiger partial charge in [-0.05, 0) is 68.7 Å². The van der Waals surface area contributed by atoms with Gasteiger partial charge in [0.2, 0.25) is 5.95 Å². The second kappa shape index (κ2) is 10.3. The fourth-order valence-electron chi connectivity index (χ4n) is 5.57. The molecule has 1 unspecified atom stereocenters. The standard InChI is InChI=1S/C25H30Cl3N5O2/c1-14(20-5-4-18(26)9-21(20)27)30-23-22(28)10-29-25(31-23)33-12-17(13-33)15-3-2-6-32(11-15)19-7-16(8-19)24(34)35/h4-5,9-10,14-17,19H,2-3,6-8,11-13H2,1H3,(H,34,35)(H,29,30,31)/t14-,15?,16-,19+/m1/s1. The van der Waals surface area contributed by atoms with E-state index < -0.39 is 5.97 Å². The highest BCUT2D eigenvalue weighted by molar-refractivity contribution is 6.35. The molecule has 0 bridgehead atoms. The summed E-state index contributed by atoms with van der Waals surface area (Å²) in [5.74, 6) is 1.71. The molecule has 0 radical (unpaired) electrons. The van der Waals surface area contributed by atoms with E-state index in [2.05, 4.69) is 20.1 Å². The summed E-state index contributed by atoms with van der Waals surface area (Å²) < 4.78 is 0. The number of piperidine rings is 1. The van der Waals surface area contributed by atoms with Gasteiger partial charge in [0.25, 0.3) is 0 Å². The topological polar surface area (TPSA) is 81.6 Å². The molecule has 7 nitrogen and oxygen atoms in total. The Kier molecular flexibility index (Phi) is 7.31. The molecule has 1 aliphatic carbocycles. The van der Waals surface area contributed by atoms with Crippen LogP contribution in [0.1, 0.15) is 44.2 Å². The Labute approximate surface area is 220 Å². The van der Waals surface area contributed by atoms with E-state index in [4.69, 9.17) is 39.8 Å². The van der Waals surface area contributed by atoms with Crippen molar-refractivity contribution in [2.75, 3.05) is 36.4 Å². The Morgan fingerprint density at radius 1 is 1.14 bits per heavy atom. The SMILES string of the molecule is C[C@@H](Nc1nc(N2CC(C3CCCN([C@H]4C[C@@H](C(=O)O)C4)C3)C2)ncc1Cl)c1ccc(Cl)cc1Cl. The minimum absolute atomic E-state index is 0.107. The minimum atomic E-state index is -0.646. The van der Waals surface area contributed by atoms with Gasteiger partial charge in [0.1, 0.15) is 5.02 Å². The van der Waals surface area contributed by atoms with Gasteiger partial charge in [-0.15, -0.1) is 0 Å². The molecule has 5 rings (SSSR count). The Bertz CT molecular complexity index is 1090. The molecule has 188 valence electrons. The molecular formula is C25H30Cl3N5O2. The number of carbonyl (C=O) groups is 1. The first-order valence-corrected chi connectivity index (χ1v) is 13.4. The zero-order valence-corrected chi connectivity index (χ0v) is 21.9. The lowest BCUT2D eigenvalue weighted by atomic mass is 9.76. The van der Waals surface area contributed by atoms with Gasteiger partial charge in [-0.1, -0.05) is 40.9 Å². The number of anilines is 2. The third-order valence-electron chi connectivity index (χ3n) is 7.84. The fraction of sp³-hybridized carbons (Fsp3) is 0.560. The maximum Gasteiger partial charge on any atom is 0.306 e. The predicted molar refractivity (Wildman–Crippen MR) is 140 cm³/mol. The van der Waals surface area contributed by atoms with E-state index in [0.717, 1.165) is 44.6 Å². The third-order valence-corrected chi connectivity index (χ3v) is 8.68. The van der Waals surface area contributed by atoms with Crippen LogP contribution in [0.3, 0.4) is 0 Å². The smallest absolute Gasteiger partial charge is 0.306 e. The summed E-state index contributed by atoms with van der Waals surface area (Å²) in [4.78, 5) is 25.1. The number of nitrogens with zero attached hydrogens (tertiary/aromatic N) is 4. The monoisotopic (exact) mass is 537 g/mol. The Morgan fingerprint density at radius 3 is 2.63 bits per heavy atom. The summed E-state index contributed by atoms with van der Waals surface area (Å²) in [6.07, 6.45) is 5.66. The average molecular weight is 539 g/mol. The highest BCUT2D eigenvalue weighted by atomic mass is 35.5. The fourth-order valence-corrected chi connectivity index (χ4v) is 6.28. The van der Waals surface area contributed by atoms with Crippen molar-refractivity contribution in [2.45, 2.75) is 44.7 Å². The van der Waals surface area contributed by atoms with Crippen LogP contribution in [0.2, 0.25) is 15.1 Å². The number of hydrogen-bond acceptors (Lipinski definition) is 6. The van der Waals surface area contributed by atoms with Crippen LogP contribution in [-0.2, 0) is 4.79 Å². The Hall–Kier alpha value is -1.80. The molecule has 2 atom stereocenters. The number of hydrogen-bond donors (Lipinski definition) is 2. The van der Waals surface area contributed by atoms with Crippen molar-refractivity contribution in [1.82, 2.24) is 14.9 Å². The molecule has 2 aliphatic heterocycles. The molecule has 1 aromatic heterocycles. The molecule has 35 heavy (non-hydrogen) atoms. The van der Waals surface area contributed by atoms with Gasteiger partial charge < -0.3 is 20.2 Å². The van der Waals surface area contributed by atoms with Crippen molar-refractivity contribution >= 4 is 52.5 Å². The van der Waals surface area contributed by atoms with Gasteiger partial charge in [0.05, 0.1) is 18.2 Å². The lowest BCUT2D eigenvalue weighted by Gasteiger charge is -2.50. The normalized spacial score (nSPS) is 26.1. The summed E-state index contributed by atoms with van der Waals surface area (Å²) in [6.45, 7) is 6.03. The van der Waals surface area contributed by atoms with E-state index in [0.29, 0.717) is 44.7 Å². The van der Waals surface area contributed by atoms with Crippen LogP contribution < -0.4 is 10.2 Å². The molecule has 2 aromatic rings. The van der Waals surface area contributed by atoms with E-state index in [-0.39, 0.29) is 12.0 Å². The number of likely N-dealkylation sites (tertiary alicyclic amines) is 1. The van der Waals surface area contributed by atoms with Crippen molar-refractivity contribution in [2.24, 2.45) is 17.8 Å². The zero-order valence-electron chi connectivity index (χ0n) is 19.6. The van der Waals surface area contributed by atoms with Crippen LogP contribution >= 0.6 is 34.8 Å². The second-order valence-electron chi connectivity index (χ2n) is 10.1. The van der Waals surface area contributed by atoms with Crippen LogP contribution in [0, 0.1) is 17.8 Å². The number of aromatic nitrogens is 2. The predicted octanol–water partition coefficient (Wildman–Crippen LogP) is 5.62. The van der Waals surface area contributed by atoms with Crippen LogP contribution in [0.15, 0.2) is 24.4 Å². The number of carboxylic acids is 1. The first-order valence-electron chi connectivity index (χ1n) is 12.2. The maximum atomic E-state index is 11.2. The summed E-state index contributed by atoms with van der Waals surface area (Å²) in [5, 5.41) is 14.2. The van der Waals surface area contributed by atoms with Gasteiger partial charge in [-0.2, -0.15) is 4.98 Å². The number of benzene rings is 1. The second-order valence-corrected chi connectivity index (χ2v) is 11.4. The first-order chi connectivity index (χ1) is 16.8. The van der Waals surface area contributed by atoms with E-state index in [1.54, 1.807) is 12.3 Å². The molecule has 3 heterocycles. The number of aliphatic carboxylic acids is 1. The summed E-state index contributed by atoms with van der Waals surface area (Å²) >= 11 is 18.8. The van der Waals surface area contributed by atoms with Crippen molar-refractivity contribution in [1.29, 1.82) is 0 Å². The van der Waals surface area contributed by atoms with Crippen molar-refractivity contribution in [3.05, 3.63) is 45.0 Å². The average Bonchev–Trinajstić information content (AvgIpc) is 2.74. The largest absolute Gasteiger partial charge is 0.481 e. The van der Waals surface area contributed by atoms with Crippen molar-refractivity contribution in [3.63, 3.8) is 0 Å². The van der Waals surface area contributed by atoms with Gasteiger partial charge >= 0.3 is 5.97 Å². The van der Waals surface area contributed by atoms with E-state index in [1.165, 1.54) is 12.8 Å². The highest BCUT2D eigenvalue weighted by Crippen LogP contribution is 2.38.